The third kappa shape index (κ3) is 4.13. The molecule has 0 unspecified atom stereocenters. The van der Waals surface area contributed by atoms with Crippen molar-refractivity contribution < 1.29 is 13.0 Å². The highest BCUT2D eigenvalue weighted by Crippen LogP contribution is 1.70. The Bertz CT molecular complexity index is 113. The van der Waals surface area contributed by atoms with E-state index in [0.717, 1.165) is 0 Å². The molecular weight excluding hydrogens is 120 g/mol. The lowest BCUT2D eigenvalue weighted by Gasteiger charge is -1.79. The first-order chi connectivity index (χ1) is 2.56. The molecule has 0 aliphatic carbocycles. The van der Waals surface area contributed by atoms with Crippen molar-refractivity contribution in [2.45, 2.75) is 0 Å². The Morgan fingerprint density at radius 3 is 1.83 bits per heavy atom. The minimum absolute atomic E-state index is 0.396. The number of hydrogen-bond donors (Lipinski definition) is 1. The van der Waals surface area contributed by atoms with Crippen LogP contribution in [0.15, 0.2) is 0 Å². The molecule has 0 spiro atoms. The Kier molecular flexibility index (Phi) is 1.76. The van der Waals surface area contributed by atoms with Crippen LogP contribution in [0.1, 0.15) is 0 Å². The third-order valence-corrected chi connectivity index (χ3v) is 1.64. The molecule has 35 valence electrons. The van der Waals surface area contributed by atoms with E-state index in [9.17, 15) is 8.42 Å². The molecule has 0 aromatic heterocycles. The molecule has 0 saturated heterocycles. The Morgan fingerprint density at radius 2 is 1.83 bits per heavy atom. The summed E-state index contributed by atoms with van der Waals surface area (Å²) in [4.78, 5) is 0. The lowest BCUT2D eigenvalue weighted by Crippen LogP contribution is -2.01. The van der Waals surface area contributed by atoms with E-state index in [4.69, 9.17) is 4.55 Å². The van der Waals surface area contributed by atoms with Crippen LogP contribution in [0.4, 0.5) is 0 Å². The van der Waals surface area contributed by atoms with Crippen molar-refractivity contribution in [3.63, 3.8) is 0 Å². The molecule has 0 aromatic rings. The van der Waals surface area contributed by atoms with E-state index in [1.54, 1.807) is 0 Å². The molecule has 3 nitrogen and oxygen atoms in total. The van der Waals surface area contributed by atoms with Crippen molar-refractivity contribution in [2.24, 2.45) is 0 Å². The molecule has 1 N–H and O–H groups in total. The maximum Gasteiger partial charge on any atom is 0.261 e. The van der Waals surface area contributed by atoms with Gasteiger partial charge in [0.2, 0.25) is 0 Å². The average molecular weight is 123 g/mol. The summed E-state index contributed by atoms with van der Waals surface area (Å²) >= 11 is 0. The van der Waals surface area contributed by atoms with Gasteiger partial charge in [-0.05, 0) is 0 Å². The van der Waals surface area contributed by atoms with E-state index in [2.05, 4.69) is 10.2 Å². The highest BCUT2D eigenvalue weighted by Gasteiger charge is 1.93. The fraction of sp³-hybridized carbons (Fsp3) is 1.00. The van der Waals surface area contributed by atoms with E-state index in [1.807, 2.05) is 0 Å². The highest BCUT2D eigenvalue weighted by molar-refractivity contribution is 7.86. The van der Waals surface area contributed by atoms with Crippen molar-refractivity contribution in [3.8, 4) is 0 Å². The Morgan fingerprint density at radius 1 is 1.67 bits per heavy atom. The molecule has 0 heterocycles. The summed E-state index contributed by atoms with van der Waals surface area (Å²) in [6.07, 6.45) is 0. The lowest BCUT2D eigenvalue weighted by molar-refractivity contribution is 0.488. The van der Waals surface area contributed by atoms with Crippen molar-refractivity contribution in [1.82, 2.24) is 0 Å². The van der Waals surface area contributed by atoms with E-state index in [1.165, 1.54) is 0 Å². The van der Waals surface area contributed by atoms with Crippen LogP contribution >= 0.6 is 0 Å². The van der Waals surface area contributed by atoms with Gasteiger partial charge in [0, 0.05) is 10.2 Å². The molecule has 3 radical (unpaired) electrons. The second-order valence-corrected chi connectivity index (χ2v) is 3.04. The van der Waals surface area contributed by atoms with Crippen molar-refractivity contribution in [1.29, 1.82) is 0 Å². The minimum Gasteiger partial charge on any atom is -0.286 e. The van der Waals surface area contributed by atoms with Crippen LogP contribution in [0, 0.1) is 0 Å². The zero-order chi connectivity index (χ0) is 5.21. The zero-order valence-corrected chi connectivity index (χ0v) is 4.70. The average Bonchev–Trinajstić information content (AvgIpc) is 1.35. The maximum atomic E-state index is 9.51. The second kappa shape index (κ2) is 1.72. The maximum absolute atomic E-state index is 9.51. The summed E-state index contributed by atoms with van der Waals surface area (Å²) in [7, 11) is -1.17. The van der Waals surface area contributed by atoms with Crippen LogP contribution in [0.3, 0.4) is 0 Å². The molecule has 0 aliphatic heterocycles. The number of rotatable bonds is 1. The van der Waals surface area contributed by atoms with Crippen LogP contribution < -0.4 is 0 Å². The van der Waals surface area contributed by atoms with E-state index in [0.29, 0.717) is 0 Å². The van der Waals surface area contributed by atoms with Gasteiger partial charge < -0.3 is 0 Å². The quantitative estimate of drug-likeness (QED) is 0.359. The lowest BCUT2D eigenvalue weighted by atomic mass is 11.9. The molecule has 0 saturated carbocycles. The summed E-state index contributed by atoms with van der Waals surface area (Å²) in [5, 5.41) is -0.396. The fourth-order valence-electron chi connectivity index (χ4n) is 0. The third-order valence-electron chi connectivity index (χ3n) is 0.182. The predicted octanol–water partition coefficient (Wildman–Crippen LogP) is -1.000. The molecule has 0 aliphatic rings. The van der Waals surface area contributed by atoms with Crippen LogP contribution in [0.5, 0.6) is 0 Å². The van der Waals surface area contributed by atoms with Crippen LogP contribution in [0.2, 0.25) is 0 Å². The fourth-order valence-corrected chi connectivity index (χ4v) is 0. The molecule has 0 aromatic carbocycles. The molecular formula is CH3O3SSi. The predicted molar refractivity (Wildman–Crippen MR) is 22.2 cm³/mol. The van der Waals surface area contributed by atoms with Gasteiger partial charge in [-0.25, -0.2) is 0 Å². The monoisotopic (exact) mass is 123 g/mol. The first kappa shape index (κ1) is 6.13. The van der Waals surface area contributed by atoms with Gasteiger partial charge in [-0.2, -0.15) is 8.42 Å². The topological polar surface area (TPSA) is 54.4 Å². The normalized spacial score (nSPS) is 11.7. The van der Waals surface area contributed by atoms with Gasteiger partial charge >= 0.3 is 0 Å². The Balaban J connectivity index is 3.85. The second-order valence-electron chi connectivity index (χ2n) is 0.726. The molecule has 0 atom stereocenters. The molecule has 0 rings (SSSR count). The van der Waals surface area contributed by atoms with Gasteiger partial charge in [-0.15, -0.1) is 0 Å². The summed E-state index contributed by atoms with van der Waals surface area (Å²) < 4.78 is 26.8. The molecule has 0 fully saturated rings. The van der Waals surface area contributed by atoms with Gasteiger partial charge in [0.1, 0.15) is 0 Å². The zero-order valence-electron chi connectivity index (χ0n) is 2.88. The molecule has 6 heavy (non-hydrogen) atoms. The van der Waals surface area contributed by atoms with E-state index in [-0.39, 0.29) is 0 Å². The summed E-state index contributed by atoms with van der Waals surface area (Å²) in [5.41, 5.74) is 0. The Hall–Kier alpha value is 0.127. The van der Waals surface area contributed by atoms with Crippen LogP contribution in [0.25, 0.3) is 0 Å². The summed E-state index contributed by atoms with van der Waals surface area (Å²) in [6.45, 7) is 0. The SMILES string of the molecule is O=S(=O)(O)C[Si]. The van der Waals surface area contributed by atoms with Crippen molar-refractivity contribution >= 4 is 20.4 Å². The van der Waals surface area contributed by atoms with Gasteiger partial charge in [0.15, 0.2) is 0 Å². The van der Waals surface area contributed by atoms with Gasteiger partial charge in [-0.1, -0.05) is 0 Å². The van der Waals surface area contributed by atoms with Crippen molar-refractivity contribution in [2.75, 3.05) is 5.38 Å². The molecule has 0 bridgehead atoms. The van der Waals surface area contributed by atoms with Gasteiger partial charge in [-0.3, -0.25) is 4.55 Å². The van der Waals surface area contributed by atoms with E-state index < -0.39 is 15.5 Å². The molecule has 5 heteroatoms. The minimum atomic E-state index is -3.75. The first-order valence-electron chi connectivity index (χ1n) is 1.16. The largest absolute Gasteiger partial charge is 0.286 e. The summed E-state index contributed by atoms with van der Waals surface area (Å²) in [5.74, 6) is 0. The van der Waals surface area contributed by atoms with Crippen LogP contribution in [-0.2, 0) is 10.1 Å². The number of hydrogen-bond acceptors (Lipinski definition) is 2. The molecule has 0 amide bonds. The standard InChI is InChI=1S/CH3O3SSi/c2-5(3,4)1-6/h1H2,(H,2,3,4). The smallest absolute Gasteiger partial charge is 0.261 e. The van der Waals surface area contributed by atoms with Crippen molar-refractivity contribution in [3.05, 3.63) is 0 Å². The Labute approximate surface area is 39.5 Å². The summed E-state index contributed by atoms with van der Waals surface area (Å²) in [6, 6.07) is 0. The van der Waals surface area contributed by atoms with Crippen LogP contribution in [-0.4, -0.2) is 28.6 Å². The van der Waals surface area contributed by atoms with Gasteiger partial charge in [0.05, 0.1) is 5.38 Å². The first-order valence-corrected chi connectivity index (χ1v) is 3.47. The highest BCUT2D eigenvalue weighted by atomic mass is 32.2. The van der Waals surface area contributed by atoms with E-state index >= 15 is 0 Å². The van der Waals surface area contributed by atoms with Gasteiger partial charge in [0.25, 0.3) is 10.1 Å².